The SMILES string of the molecule is Cc1oc(-c2ccc(OCc3ccccc3)cc2)nc1CCO[Si](c1ccccc1)(c1ccccc1)C(C)(C)C. The van der Waals surface area contributed by atoms with E-state index in [1.54, 1.807) is 0 Å². The Hall–Kier alpha value is -3.93. The van der Waals surface area contributed by atoms with Crippen LogP contribution in [0.15, 0.2) is 120 Å². The molecule has 0 saturated carbocycles. The minimum atomic E-state index is -2.59. The van der Waals surface area contributed by atoms with Crippen molar-refractivity contribution in [1.82, 2.24) is 4.98 Å². The molecule has 0 saturated heterocycles. The Balaban J connectivity index is 1.31. The maximum absolute atomic E-state index is 7.06. The molecule has 0 unspecified atom stereocenters. The van der Waals surface area contributed by atoms with E-state index in [-0.39, 0.29) is 5.04 Å². The van der Waals surface area contributed by atoms with Crippen molar-refractivity contribution in [2.75, 3.05) is 6.61 Å². The molecule has 0 atom stereocenters. The first-order valence-electron chi connectivity index (χ1n) is 13.9. The molecule has 0 amide bonds. The van der Waals surface area contributed by atoms with Gasteiger partial charge in [-0.2, -0.15) is 0 Å². The van der Waals surface area contributed by atoms with E-state index in [1.165, 1.54) is 10.4 Å². The monoisotopic (exact) mass is 547 g/mol. The lowest BCUT2D eigenvalue weighted by Crippen LogP contribution is -2.66. The van der Waals surface area contributed by atoms with E-state index in [0.29, 0.717) is 25.5 Å². The lowest BCUT2D eigenvalue weighted by Gasteiger charge is -2.43. The molecular weight excluding hydrogens is 510 g/mol. The first-order valence-corrected chi connectivity index (χ1v) is 15.8. The standard InChI is InChI=1S/C35H37NO3Si/c1-27-33(36-34(39-27)29-20-22-30(23-21-29)37-26-28-14-8-5-9-15-28)24-25-38-40(35(2,3)4,31-16-10-6-11-17-31)32-18-12-7-13-19-32/h5-23H,24-26H2,1-4H3. The highest BCUT2D eigenvalue weighted by Crippen LogP contribution is 2.37. The van der Waals surface area contributed by atoms with Crippen molar-refractivity contribution in [2.45, 2.75) is 45.8 Å². The molecular formula is C35H37NO3Si. The van der Waals surface area contributed by atoms with Gasteiger partial charge in [-0.3, -0.25) is 0 Å². The molecule has 0 fully saturated rings. The second kappa shape index (κ2) is 12.1. The molecule has 0 bridgehead atoms. The number of aromatic nitrogens is 1. The lowest BCUT2D eigenvalue weighted by atomic mass is 10.2. The number of hydrogen-bond donors (Lipinski definition) is 0. The van der Waals surface area contributed by atoms with Crippen LogP contribution in [0.1, 0.15) is 37.8 Å². The highest BCUT2D eigenvalue weighted by molar-refractivity contribution is 6.99. The Morgan fingerprint density at radius 3 is 1.82 bits per heavy atom. The summed E-state index contributed by atoms with van der Waals surface area (Å²) in [6, 6.07) is 39.5. The van der Waals surface area contributed by atoms with Crippen LogP contribution in [0.4, 0.5) is 0 Å². The van der Waals surface area contributed by atoms with Gasteiger partial charge in [0.2, 0.25) is 5.89 Å². The molecule has 0 radical (unpaired) electrons. The Labute approximate surface area is 238 Å². The second-order valence-corrected chi connectivity index (χ2v) is 15.4. The number of aryl methyl sites for hydroxylation is 1. The van der Waals surface area contributed by atoms with Crippen LogP contribution >= 0.6 is 0 Å². The van der Waals surface area contributed by atoms with Gasteiger partial charge in [-0.15, -0.1) is 0 Å². The van der Waals surface area contributed by atoms with Gasteiger partial charge in [0.25, 0.3) is 8.32 Å². The third kappa shape index (κ3) is 5.96. The first kappa shape index (κ1) is 27.6. The van der Waals surface area contributed by atoms with Crippen molar-refractivity contribution in [2.24, 2.45) is 0 Å². The Bertz CT molecular complexity index is 1450. The van der Waals surface area contributed by atoms with Gasteiger partial charge in [0.1, 0.15) is 18.1 Å². The van der Waals surface area contributed by atoms with E-state index >= 15 is 0 Å². The van der Waals surface area contributed by atoms with Crippen LogP contribution in [0, 0.1) is 6.92 Å². The average molecular weight is 548 g/mol. The van der Waals surface area contributed by atoms with Crippen molar-refractivity contribution in [3.63, 3.8) is 0 Å². The third-order valence-corrected chi connectivity index (χ3v) is 12.4. The van der Waals surface area contributed by atoms with E-state index in [1.807, 2.05) is 49.4 Å². The zero-order valence-corrected chi connectivity index (χ0v) is 24.8. The van der Waals surface area contributed by atoms with Crippen molar-refractivity contribution >= 4 is 18.7 Å². The van der Waals surface area contributed by atoms with Crippen molar-refractivity contribution in [3.8, 4) is 17.2 Å². The smallest absolute Gasteiger partial charge is 0.261 e. The maximum Gasteiger partial charge on any atom is 0.261 e. The van der Waals surface area contributed by atoms with Crippen LogP contribution in [-0.2, 0) is 17.5 Å². The highest BCUT2D eigenvalue weighted by atomic mass is 28.4. The minimum absolute atomic E-state index is 0.0654. The van der Waals surface area contributed by atoms with Gasteiger partial charge in [-0.05, 0) is 52.2 Å². The summed E-state index contributed by atoms with van der Waals surface area (Å²) in [6.45, 7) is 9.97. The largest absolute Gasteiger partial charge is 0.489 e. The van der Waals surface area contributed by atoms with Crippen molar-refractivity contribution in [3.05, 3.63) is 132 Å². The van der Waals surface area contributed by atoms with Gasteiger partial charge >= 0.3 is 0 Å². The molecule has 1 heterocycles. The van der Waals surface area contributed by atoms with Gasteiger partial charge in [-0.25, -0.2) is 4.98 Å². The molecule has 0 aliphatic rings. The van der Waals surface area contributed by atoms with Gasteiger partial charge < -0.3 is 13.6 Å². The molecule has 4 nitrogen and oxygen atoms in total. The summed E-state index contributed by atoms with van der Waals surface area (Å²) in [4.78, 5) is 4.86. The second-order valence-electron chi connectivity index (χ2n) is 11.1. The molecule has 0 aliphatic heterocycles. The minimum Gasteiger partial charge on any atom is -0.489 e. The molecule has 204 valence electrons. The molecule has 5 aromatic rings. The Kier molecular flexibility index (Phi) is 8.34. The maximum atomic E-state index is 7.06. The zero-order chi connectivity index (χ0) is 28.0. The number of benzene rings is 4. The molecule has 0 aliphatic carbocycles. The molecule has 0 N–H and O–H groups in total. The quantitative estimate of drug-likeness (QED) is 0.172. The first-order chi connectivity index (χ1) is 19.4. The summed E-state index contributed by atoms with van der Waals surface area (Å²) in [5, 5.41) is 2.49. The number of oxazole rings is 1. The molecule has 1 aromatic heterocycles. The molecule has 5 rings (SSSR count). The fraction of sp³-hybridized carbons (Fsp3) is 0.229. The third-order valence-electron chi connectivity index (χ3n) is 7.32. The summed E-state index contributed by atoms with van der Waals surface area (Å²) in [6.07, 6.45) is 0.679. The van der Waals surface area contributed by atoms with Gasteiger partial charge in [0.15, 0.2) is 0 Å². The van der Waals surface area contributed by atoms with Gasteiger partial charge in [-0.1, -0.05) is 112 Å². The predicted molar refractivity (Wildman–Crippen MR) is 165 cm³/mol. The summed E-state index contributed by atoms with van der Waals surface area (Å²) in [5.41, 5.74) is 2.99. The van der Waals surface area contributed by atoms with Crippen molar-refractivity contribution < 1.29 is 13.6 Å². The summed E-state index contributed by atoms with van der Waals surface area (Å²) >= 11 is 0. The van der Waals surface area contributed by atoms with E-state index in [0.717, 1.165) is 28.3 Å². The Morgan fingerprint density at radius 2 is 1.27 bits per heavy atom. The number of hydrogen-bond acceptors (Lipinski definition) is 4. The molecule has 40 heavy (non-hydrogen) atoms. The van der Waals surface area contributed by atoms with E-state index in [2.05, 4.69) is 93.6 Å². The van der Waals surface area contributed by atoms with Crippen LogP contribution in [0.2, 0.25) is 5.04 Å². The van der Waals surface area contributed by atoms with Crippen LogP contribution in [0.5, 0.6) is 5.75 Å². The molecule has 5 heteroatoms. The fourth-order valence-corrected chi connectivity index (χ4v) is 9.84. The van der Waals surface area contributed by atoms with Gasteiger partial charge in [0, 0.05) is 18.6 Å². The number of nitrogens with zero attached hydrogens (tertiary/aromatic N) is 1. The van der Waals surface area contributed by atoms with E-state index in [9.17, 15) is 0 Å². The van der Waals surface area contributed by atoms with Crippen LogP contribution < -0.4 is 15.1 Å². The topological polar surface area (TPSA) is 44.5 Å². The molecule has 0 spiro atoms. The van der Waals surface area contributed by atoms with Gasteiger partial charge in [0.05, 0.1) is 5.69 Å². The lowest BCUT2D eigenvalue weighted by molar-refractivity contribution is 0.300. The van der Waals surface area contributed by atoms with E-state index < -0.39 is 8.32 Å². The zero-order valence-electron chi connectivity index (χ0n) is 23.8. The van der Waals surface area contributed by atoms with Crippen LogP contribution in [0.25, 0.3) is 11.5 Å². The number of rotatable bonds is 10. The molecule has 4 aromatic carbocycles. The summed E-state index contributed by atoms with van der Waals surface area (Å²) < 4.78 is 19.1. The summed E-state index contributed by atoms with van der Waals surface area (Å²) in [5.74, 6) is 2.26. The van der Waals surface area contributed by atoms with Crippen LogP contribution in [0.3, 0.4) is 0 Å². The average Bonchev–Trinajstić information content (AvgIpc) is 3.35. The Morgan fingerprint density at radius 1 is 0.725 bits per heavy atom. The summed E-state index contributed by atoms with van der Waals surface area (Å²) in [7, 11) is -2.59. The van der Waals surface area contributed by atoms with Crippen LogP contribution in [-0.4, -0.2) is 19.9 Å². The highest BCUT2D eigenvalue weighted by Gasteiger charge is 2.50. The van der Waals surface area contributed by atoms with E-state index in [4.69, 9.17) is 18.6 Å². The fourth-order valence-electron chi connectivity index (χ4n) is 5.28. The predicted octanol–water partition coefficient (Wildman–Crippen LogP) is 7.35. The normalized spacial score (nSPS) is 11.9. The number of ether oxygens (including phenoxy) is 1. The van der Waals surface area contributed by atoms with Crippen molar-refractivity contribution in [1.29, 1.82) is 0 Å².